The summed E-state index contributed by atoms with van der Waals surface area (Å²) < 4.78 is 48.6. The molecule has 1 amide bonds. The topological polar surface area (TPSA) is 87.7 Å². The highest BCUT2D eigenvalue weighted by molar-refractivity contribution is 5.67. The van der Waals surface area contributed by atoms with Crippen LogP contribution in [0.25, 0.3) is 0 Å². The van der Waals surface area contributed by atoms with Crippen molar-refractivity contribution in [2.45, 2.75) is 65.1 Å². The third-order valence-corrected chi connectivity index (χ3v) is 6.40. The lowest BCUT2D eigenvalue weighted by molar-refractivity contribution is -0.0975. The summed E-state index contributed by atoms with van der Waals surface area (Å²) in [6.07, 6.45) is -1.64. The standard InChI is InChI=1S/C34H53FN2O7/c1-33(2,3)44-32(38)36-16-17-39-18-19-40-20-21-41-22-23-42-24-25-43-34(4,5)31(35)28-37(26-29-12-8-6-9-13-29)27-30-14-10-7-11-15-30/h6-15,31H,16-28H2,1-5H3,(H,36,38). The minimum Gasteiger partial charge on any atom is -0.444 e. The van der Waals surface area contributed by atoms with Crippen LogP contribution in [0.2, 0.25) is 0 Å². The largest absolute Gasteiger partial charge is 0.444 e. The Morgan fingerprint density at radius 1 is 0.705 bits per heavy atom. The molecular formula is C34H53FN2O7. The molecular weight excluding hydrogens is 567 g/mol. The Morgan fingerprint density at radius 3 is 1.59 bits per heavy atom. The maximum Gasteiger partial charge on any atom is 0.407 e. The maximum absolute atomic E-state index is 15.5. The van der Waals surface area contributed by atoms with E-state index in [1.54, 1.807) is 13.8 Å². The molecule has 0 saturated heterocycles. The second-order valence-electron chi connectivity index (χ2n) is 11.9. The normalized spacial score (nSPS) is 12.8. The molecule has 0 aliphatic heterocycles. The minimum absolute atomic E-state index is 0.255. The average molecular weight is 621 g/mol. The molecule has 10 heteroatoms. The van der Waals surface area contributed by atoms with E-state index in [9.17, 15) is 4.79 Å². The van der Waals surface area contributed by atoms with Gasteiger partial charge in [0.1, 0.15) is 11.8 Å². The summed E-state index contributed by atoms with van der Waals surface area (Å²) in [6.45, 7) is 14.6. The number of amides is 1. The molecule has 0 heterocycles. The van der Waals surface area contributed by atoms with Crippen LogP contribution in [0.1, 0.15) is 45.7 Å². The van der Waals surface area contributed by atoms with Gasteiger partial charge in [-0.25, -0.2) is 9.18 Å². The summed E-state index contributed by atoms with van der Waals surface area (Å²) in [6, 6.07) is 20.2. The number of carbonyl (C=O) groups is 1. The van der Waals surface area contributed by atoms with Gasteiger partial charge in [0.25, 0.3) is 0 Å². The molecule has 1 unspecified atom stereocenters. The van der Waals surface area contributed by atoms with E-state index in [2.05, 4.69) is 34.5 Å². The molecule has 2 aromatic carbocycles. The van der Waals surface area contributed by atoms with Gasteiger partial charge >= 0.3 is 6.09 Å². The highest BCUT2D eigenvalue weighted by atomic mass is 19.1. The van der Waals surface area contributed by atoms with Crippen LogP contribution < -0.4 is 5.32 Å². The molecule has 0 spiro atoms. The van der Waals surface area contributed by atoms with Crippen molar-refractivity contribution in [1.29, 1.82) is 0 Å². The summed E-state index contributed by atoms with van der Waals surface area (Å²) in [5, 5.41) is 2.63. The first-order valence-corrected chi connectivity index (χ1v) is 15.4. The van der Waals surface area contributed by atoms with Gasteiger partial charge in [0.2, 0.25) is 0 Å². The van der Waals surface area contributed by atoms with E-state index >= 15 is 4.39 Å². The van der Waals surface area contributed by atoms with Crippen LogP contribution in [0.15, 0.2) is 60.7 Å². The van der Waals surface area contributed by atoms with Crippen molar-refractivity contribution in [2.24, 2.45) is 0 Å². The van der Waals surface area contributed by atoms with Crippen LogP contribution in [0, 0.1) is 0 Å². The molecule has 1 atom stereocenters. The summed E-state index contributed by atoms with van der Waals surface area (Å²) in [7, 11) is 0. The van der Waals surface area contributed by atoms with Crippen LogP contribution in [0.4, 0.5) is 9.18 Å². The number of benzene rings is 2. The van der Waals surface area contributed by atoms with Gasteiger partial charge in [0.15, 0.2) is 0 Å². The van der Waals surface area contributed by atoms with Crippen LogP contribution in [-0.4, -0.2) is 101 Å². The van der Waals surface area contributed by atoms with Gasteiger partial charge in [-0.3, -0.25) is 4.90 Å². The van der Waals surface area contributed by atoms with E-state index in [1.165, 1.54) is 0 Å². The number of nitrogens with zero attached hydrogens (tertiary/aromatic N) is 1. The van der Waals surface area contributed by atoms with Gasteiger partial charge in [-0.2, -0.15) is 0 Å². The van der Waals surface area contributed by atoms with Crippen molar-refractivity contribution in [3.8, 4) is 0 Å². The van der Waals surface area contributed by atoms with E-state index in [4.69, 9.17) is 28.4 Å². The first-order chi connectivity index (χ1) is 21.0. The molecule has 9 nitrogen and oxygen atoms in total. The second-order valence-corrected chi connectivity index (χ2v) is 11.9. The number of hydrogen-bond donors (Lipinski definition) is 1. The molecule has 248 valence electrons. The number of alkyl carbamates (subject to hydrolysis) is 1. The Kier molecular flexibility index (Phi) is 18.1. The van der Waals surface area contributed by atoms with Gasteiger partial charge in [-0.05, 0) is 45.7 Å². The summed E-state index contributed by atoms with van der Waals surface area (Å²) in [4.78, 5) is 13.6. The summed E-state index contributed by atoms with van der Waals surface area (Å²) >= 11 is 0. The van der Waals surface area contributed by atoms with Gasteiger partial charge in [0.05, 0.1) is 65.1 Å². The van der Waals surface area contributed by atoms with Crippen molar-refractivity contribution in [2.75, 3.05) is 72.6 Å². The molecule has 0 saturated carbocycles. The predicted octanol–water partition coefficient (Wildman–Crippen LogP) is 5.41. The fourth-order valence-electron chi connectivity index (χ4n) is 4.07. The average Bonchev–Trinajstić information content (AvgIpc) is 2.97. The Morgan fingerprint density at radius 2 is 1.14 bits per heavy atom. The lowest BCUT2D eigenvalue weighted by Crippen LogP contribution is -2.44. The number of alkyl halides is 1. The van der Waals surface area contributed by atoms with Crippen molar-refractivity contribution in [1.82, 2.24) is 10.2 Å². The molecule has 0 aliphatic carbocycles. The fourth-order valence-corrected chi connectivity index (χ4v) is 4.07. The van der Waals surface area contributed by atoms with E-state index in [-0.39, 0.29) is 6.54 Å². The third-order valence-electron chi connectivity index (χ3n) is 6.40. The smallest absolute Gasteiger partial charge is 0.407 e. The zero-order chi connectivity index (χ0) is 32.1. The van der Waals surface area contributed by atoms with Crippen LogP contribution in [0.5, 0.6) is 0 Å². The molecule has 1 N–H and O–H groups in total. The van der Waals surface area contributed by atoms with Crippen molar-refractivity contribution in [3.05, 3.63) is 71.8 Å². The predicted molar refractivity (Wildman–Crippen MR) is 169 cm³/mol. The van der Waals surface area contributed by atoms with E-state index < -0.39 is 23.5 Å². The van der Waals surface area contributed by atoms with Crippen molar-refractivity contribution >= 4 is 6.09 Å². The molecule has 44 heavy (non-hydrogen) atoms. The molecule has 0 fully saturated rings. The first kappa shape index (κ1) is 37.6. The van der Waals surface area contributed by atoms with Crippen LogP contribution in [0.3, 0.4) is 0 Å². The lowest BCUT2D eigenvalue weighted by Gasteiger charge is -2.33. The zero-order valence-corrected chi connectivity index (χ0v) is 27.2. The number of carbonyl (C=O) groups excluding carboxylic acids is 1. The van der Waals surface area contributed by atoms with Gasteiger partial charge < -0.3 is 33.7 Å². The van der Waals surface area contributed by atoms with Crippen molar-refractivity contribution < 1.29 is 37.6 Å². The van der Waals surface area contributed by atoms with Gasteiger partial charge in [-0.1, -0.05) is 60.7 Å². The number of rotatable bonds is 23. The molecule has 0 aromatic heterocycles. The van der Waals surface area contributed by atoms with Crippen LogP contribution in [-0.2, 0) is 41.5 Å². The summed E-state index contributed by atoms with van der Waals surface area (Å²) in [5.74, 6) is 0. The van der Waals surface area contributed by atoms with E-state index in [0.717, 1.165) is 11.1 Å². The number of nitrogens with one attached hydrogen (secondary N) is 1. The van der Waals surface area contributed by atoms with Gasteiger partial charge in [-0.15, -0.1) is 0 Å². The van der Waals surface area contributed by atoms with Gasteiger partial charge in [0, 0.05) is 26.2 Å². The Balaban J connectivity index is 1.50. The highest BCUT2D eigenvalue weighted by Crippen LogP contribution is 2.21. The Hall–Kier alpha value is -2.60. The molecule has 0 bridgehead atoms. The number of hydrogen-bond acceptors (Lipinski definition) is 8. The highest BCUT2D eigenvalue weighted by Gasteiger charge is 2.32. The SMILES string of the molecule is CC(C)(C)OC(=O)NCCOCCOCCOCCOCCOC(C)(C)C(F)CN(Cc1ccccc1)Cc1ccccc1. The maximum atomic E-state index is 15.5. The Bertz CT molecular complexity index is 964. The summed E-state index contributed by atoms with van der Waals surface area (Å²) in [5.41, 5.74) is 0.814. The monoisotopic (exact) mass is 620 g/mol. The minimum atomic E-state index is -1.18. The first-order valence-electron chi connectivity index (χ1n) is 15.4. The van der Waals surface area contributed by atoms with Crippen LogP contribution >= 0.6 is 0 Å². The fraction of sp³-hybridized carbons (Fsp3) is 0.618. The molecule has 0 aliphatic rings. The quantitative estimate of drug-likeness (QED) is 0.165. The zero-order valence-electron chi connectivity index (χ0n) is 27.2. The van der Waals surface area contributed by atoms with E-state index in [1.807, 2.05) is 57.2 Å². The molecule has 2 rings (SSSR count). The third kappa shape index (κ3) is 18.3. The lowest BCUT2D eigenvalue weighted by atomic mass is 10.0. The molecule has 2 aromatic rings. The second kappa shape index (κ2) is 21.2. The van der Waals surface area contributed by atoms with E-state index in [0.29, 0.717) is 79.1 Å². The van der Waals surface area contributed by atoms with Crippen molar-refractivity contribution in [3.63, 3.8) is 0 Å². The molecule has 0 radical (unpaired) electrons. The Labute approximate surface area is 263 Å². The number of ether oxygens (including phenoxy) is 6. The number of halogens is 1.